The summed E-state index contributed by atoms with van der Waals surface area (Å²) in [4.78, 5) is 0.217. The molecular formula is C13H19BrN2O3S. The van der Waals surface area contributed by atoms with Crippen LogP contribution in [-0.4, -0.2) is 38.5 Å². The van der Waals surface area contributed by atoms with Gasteiger partial charge in [-0.2, -0.15) is 4.31 Å². The van der Waals surface area contributed by atoms with E-state index in [0.717, 1.165) is 12.8 Å². The number of rotatable bonds is 4. The zero-order valence-electron chi connectivity index (χ0n) is 11.4. The van der Waals surface area contributed by atoms with E-state index in [4.69, 9.17) is 10.5 Å². The topological polar surface area (TPSA) is 72.6 Å². The molecule has 1 aromatic carbocycles. The third-order valence-corrected chi connectivity index (χ3v) is 6.18. The average Bonchev–Trinajstić information content (AvgIpc) is 2.42. The van der Waals surface area contributed by atoms with Gasteiger partial charge in [0.05, 0.1) is 11.0 Å². The molecule has 1 atom stereocenters. The highest BCUT2D eigenvalue weighted by atomic mass is 79.9. The van der Waals surface area contributed by atoms with E-state index in [-0.39, 0.29) is 11.0 Å². The second-order valence-corrected chi connectivity index (χ2v) is 7.53. The van der Waals surface area contributed by atoms with Gasteiger partial charge in [0.1, 0.15) is 0 Å². The lowest BCUT2D eigenvalue weighted by Crippen LogP contribution is -2.43. The van der Waals surface area contributed by atoms with Crippen LogP contribution < -0.4 is 5.73 Å². The van der Waals surface area contributed by atoms with Crippen molar-refractivity contribution in [1.82, 2.24) is 4.31 Å². The molecule has 1 aliphatic heterocycles. The average molecular weight is 363 g/mol. The zero-order chi connectivity index (χ0) is 14.8. The molecular weight excluding hydrogens is 344 g/mol. The normalized spacial score (nSPS) is 21.0. The highest BCUT2D eigenvalue weighted by Crippen LogP contribution is 2.29. The van der Waals surface area contributed by atoms with Crippen molar-refractivity contribution in [3.8, 4) is 0 Å². The first-order valence-electron chi connectivity index (χ1n) is 6.62. The van der Waals surface area contributed by atoms with Gasteiger partial charge in [-0.15, -0.1) is 0 Å². The van der Waals surface area contributed by atoms with Crippen LogP contribution in [-0.2, 0) is 14.8 Å². The number of nitrogen functional groups attached to an aromatic ring is 1. The highest BCUT2D eigenvalue weighted by molar-refractivity contribution is 9.10. The van der Waals surface area contributed by atoms with Crippen LogP contribution in [0.3, 0.4) is 0 Å². The number of hydrogen-bond donors (Lipinski definition) is 1. The van der Waals surface area contributed by atoms with Crippen molar-refractivity contribution in [3.63, 3.8) is 0 Å². The molecule has 1 aliphatic rings. The van der Waals surface area contributed by atoms with Crippen molar-refractivity contribution in [2.24, 2.45) is 0 Å². The Morgan fingerprint density at radius 3 is 2.95 bits per heavy atom. The molecule has 20 heavy (non-hydrogen) atoms. The summed E-state index contributed by atoms with van der Waals surface area (Å²) in [5, 5.41) is 0. The predicted octanol–water partition coefficient (Wildman–Crippen LogP) is 2.22. The fraction of sp³-hybridized carbons (Fsp3) is 0.538. The Balaban J connectivity index is 2.27. The Labute approximate surface area is 128 Å². The summed E-state index contributed by atoms with van der Waals surface area (Å²) in [5.41, 5.74) is 6.14. The second-order valence-electron chi connectivity index (χ2n) is 4.77. The molecule has 7 heteroatoms. The van der Waals surface area contributed by atoms with Gasteiger partial charge in [-0.25, -0.2) is 8.42 Å². The largest absolute Gasteiger partial charge is 0.399 e. The van der Waals surface area contributed by atoms with Crippen LogP contribution in [0.4, 0.5) is 5.69 Å². The molecule has 0 amide bonds. The maximum absolute atomic E-state index is 12.7. The minimum atomic E-state index is -3.54. The van der Waals surface area contributed by atoms with E-state index in [9.17, 15) is 8.42 Å². The number of ether oxygens (including phenoxy) is 1. The lowest BCUT2D eigenvalue weighted by atomic mass is 10.1. The molecule has 1 fully saturated rings. The SMILES string of the molecule is CCOC1CCCN(S(=O)(=O)c2cc(N)ccc2Br)C1. The summed E-state index contributed by atoms with van der Waals surface area (Å²) in [6.07, 6.45) is 1.69. The van der Waals surface area contributed by atoms with E-state index in [1.807, 2.05) is 6.92 Å². The van der Waals surface area contributed by atoms with Gasteiger partial charge in [-0.3, -0.25) is 0 Å². The van der Waals surface area contributed by atoms with Gasteiger partial charge < -0.3 is 10.5 Å². The Morgan fingerprint density at radius 1 is 1.50 bits per heavy atom. The number of nitrogens with zero attached hydrogens (tertiary/aromatic N) is 1. The van der Waals surface area contributed by atoms with Gasteiger partial charge in [0, 0.05) is 29.9 Å². The van der Waals surface area contributed by atoms with Crippen LogP contribution >= 0.6 is 15.9 Å². The van der Waals surface area contributed by atoms with Gasteiger partial charge in [0.15, 0.2) is 0 Å². The fourth-order valence-electron chi connectivity index (χ4n) is 2.35. The Morgan fingerprint density at radius 2 is 2.25 bits per heavy atom. The predicted molar refractivity (Wildman–Crippen MR) is 82.0 cm³/mol. The number of halogens is 1. The van der Waals surface area contributed by atoms with Gasteiger partial charge in [0.2, 0.25) is 10.0 Å². The van der Waals surface area contributed by atoms with E-state index in [2.05, 4.69) is 15.9 Å². The molecule has 1 unspecified atom stereocenters. The summed E-state index contributed by atoms with van der Waals surface area (Å²) in [6, 6.07) is 4.82. The Bertz CT molecular complexity index is 575. The molecule has 0 aromatic heterocycles. The molecule has 0 saturated carbocycles. The van der Waals surface area contributed by atoms with Gasteiger partial charge >= 0.3 is 0 Å². The zero-order valence-corrected chi connectivity index (χ0v) is 13.8. The van der Waals surface area contributed by atoms with Crippen molar-refractivity contribution in [3.05, 3.63) is 22.7 Å². The molecule has 1 heterocycles. The quantitative estimate of drug-likeness (QED) is 0.833. The van der Waals surface area contributed by atoms with Gasteiger partial charge in [-0.05, 0) is 53.9 Å². The number of nitrogens with two attached hydrogens (primary N) is 1. The first-order chi connectivity index (χ1) is 9.45. The van der Waals surface area contributed by atoms with Crippen LogP contribution in [0.25, 0.3) is 0 Å². The van der Waals surface area contributed by atoms with E-state index in [0.29, 0.717) is 29.9 Å². The lowest BCUT2D eigenvalue weighted by molar-refractivity contribution is 0.0265. The van der Waals surface area contributed by atoms with Crippen molar-refractivity contribution in [2.75, 3.05) is 25.4 Å². The molecule has 2 N–H and O–H groups in total. The van der Waals surface area contributed by atoms with Crippen LogP contribution in [0.1, 0.15) is 19.8 Å². The third-order valence-electron chi connectivity index (χ3n) is 3.32. The minimum absolute atomic E-state index is 0.0247. The van der Waals surface area contributed by atoms with Crippen molar-refractivity contribution < 1.29 is 13.2 Å². The maximum Gasteiger partial charge on any atom is 0.244 e. The molecule has 0 aliphatic carbocycles. The monoisotopic (exact) mass is 362 g/mol. The second kappa shape index (κ2) is 6.43. The van der Waals surface area contributed by atoms with Gasteiger partial charge in [0.25, 0.3) is 0 Å². The minimum Gasteiger partial charge on any atom is -0.399 e. The van der Waals surface area contributed by atoms with Crippen molar-refractivity contribution in [1.29, 1.82) is 0 Å². The van der Waals surface area contributed by atoms with E-state index in [1.165, 1.54) is 10.4 Å². The smallest absolute Gasteiger partial charge is 0.244 e. The van der Waals surface area contributed by atoms with Crippen LogP contribution in [0, 0.1) is 0 Å². The molecule has 0 spiro atoms. The van der Waals surface area contributed by atoms with Crippen molar-refractivity contribution in [2.45, 2.75) is 30.8 Å². The molecule has 2 rings (SSSR count). The summed E-state index contributed by atoms with van der Waals surface area (Å²) < 4.78 is 33.0. The van der Waals surface area contributed by atoms with E-state index < -0.39 is 10.0 Å². The number of anilines is 1. The summed E-state index contributed by atoms with van der Waals surface area (Å²) in [5.74, 6) is 0. The lowest BCUT2D eigenvalue weighted by Gasteiger charge is -2.31. The fourth-order valence-corrected chi connectivity index (χ4v) is 4.82. The molecule has 0 bridgehead atoms. The molecule has 1 aromatic rings. The van der Waals surface area contributed by atoms with E-state index >= 15 is 0 Å². The Hall–Kier alpha value is -0.630. The maximum atomic E-state index is 12.7. The highest BCUT2D eigenvalue weighted by Gasteiger charge is 2.31. The number of sulfonamides is 1. The van der Waals surface area contributed by atoms with Crippen LogP contribution in [0.5, 0.6) is 0 Å². The molecule has 5 nitrogen and oxygen atoms in total. The first kappa shape index (κ1) is 15.8. The summed E-state index contributed by atoms with van der Waals surface area (Å²) in [6.45, 7) is 3.44. The standard InChI is InChI=1S/C13H19BrN2O3S/c1-2-19-11-4-3-7-16(9-11)20(17,18)13-8-10(15)5-6-12(13)14/h5-6,8,11H,2-4,7,9,15H2,1H3. The first-order valence-corrected chi connectivity index (χ1v) is 8.85. The van der Waals surface area contributed by atoms with Gasteiger partial charge in [-0.1, -0.05) is 0 Å². The number of piperidine rings is 1. The molecule has 1 saturated heterocycles. The third kappa shape index (κ3) is 3.33. The number of benzene rings is 1. The van der Waals surface area contributed by atoms with Crippen molar-refractivity contribution >= 4 is 31.6 Å². The van der Waals surface area contributed by atoms with Crippen LogP contribution in [0.2, 0.25) is 0 Å². The molecule has 112 valence electrons. The molecule has 0 radical (unpaired) electrons. The van der Waals surface area contributed by atoms with Crippen LogP contribution in [0.15, 0.2) is 27.6 Å². The number of hydrogen-bond acceptors (Lipinski definition) is 4. The van der Waals surface area contributed by atoms with E-state index in [1.54, 1.807) is 12.1 Å². The summed E-state index contributed by atoms with van der Waals surface area (Å²) >= 11 is 3.29. The summed E-state index contributed by atoms with van der Waals surface area (Å²) in [7, 11) is -3.54. The Kier molecular flexibility index (Phi) is 5.06.